The van der Waals surface area contributed by atoms with E-state index in [9.17, 15) is 4.39 Å². The number of H-pyrrole nitrogens is 1. The maximum atomic E-state index is 13.6. The van der Waals surface area contributed by atoms with Crippen LogP contribution in [0.5, 0.6) is 0 Å². The lowest BCUT2D eigenvalue weighted by Crippen LogP contribution is -2.08. The molecule has 0 spiro atoms. The van der Waals surface area contributed by atoms with Gasteiger partial charge in [0.2, 0.25) is 0 Å². The van der Waals surface area contributed by atoms with E-state index in [2.05, 4.69) is 25.8 Å². The zero-order valence-corrected chi connectivity index (χ0v) is 11.1. The Bertz CT molecular complexity index is 583. The van der Waals surface area contributed by atoms with E-state index in [1.54, 1.807) is 6.07 Å². The van der Waals surface area contributed by atoms with E-state index in [4.69, 9.17) is 12.2 Å². The highest BCUT2D eigenvalue weighted by Crippen LogP contribution is 2.24. The molecule has 1 heterocycles. The van der Waals surface area contributed by atoms with Crippen molar-refractivity contribution in [2.75, 3.05) is 0 Å². The van der Waals surface area contributed by atoms with Crippen LogP contribution in [0.2, 0.25) is 0 Å². The van der Waals surface area contributed by atoms with Gasteiger partial charge in [0.15, 0.2) is 4.77 Å². The fourth-order valence-corrected chi connectivity index (χ4v) is 2.72. The lowest BCUT2D eigenvalue weighted by Gasteiger charge is -2.16. The molecule has 92 valence electrons. The van der Waals surface area contributed by atoms with Crippen molar-refractivity contribution in [3.63, 3.8) is 0 Å². The minimum atomic E-state index is -0.246. The van der Waals surface area contributed by atoms with Crippen molar-refractivity contribution < 1.29 is 4.39 Å². The van der Waals surface area contributed by atoms with Crippen LogP contribution in [0.4, 0.5) is 4.39 Å². The highest BCUT2D eigenvalue weighted by molar-refractivity contribution is 7.71. The van der Waals surface area contributed by atoms with E-state index in [0.717, 1.165) is 11.9 Å². The number of halogens is 1. The van der Waals surface area contributed by atoms with Crippen molar-refractivity contribution in [1.29, 1.82) is 0 Å². The van der Waals surface area contributed by atoms with Gasteiger partial charge in [-0.2, -0.15) is 0 Å². The second-order valence-corrected chi connectivity index (χ2v) is 5.30. The third kappa shape index (κ3) is 2.27. The zero-order chi connectivity index (χ0) is 12.6. The van der Waals surface area contributed by atoms with Crippen molar-refractivity contribution in [2.24, 2.45) is 5.92 Å². The van der Waals surface area contributed by atoms with Gasteiger partial charge >= 0.3 is 0 Å². The molecule has 0 aliphatic carbocycles. The fraction of sp³-hybridized carbons (Fsp3) is 0.462. The van der Waals surface area contributed by atoms with Crippen LogP contribution in [0.15, 0.2) is 18.2 Å². The number of aromatic amines is 1. The Morgan fingerprint density at radius 1 is 1.35 bits per heavy atom. The molecule has 0 aliphatic heterocycles. The van der Waals surface area contributed by atoms with Crippen LogP contribution in [0.3, 0.4) is 0 Å². The number of nitrogens with one attached hydrogen (secondary N) is 1. The molecular weight excluding hydrogens is 235 g/mol. The van der Waals surface area contributed by atoms with Crippen molar-refractivity contribution in [3.8, 4) is 0 Å². The minimum Gasteiger partial charge on any atom is -0.328 e. The van der Waals surface area contributed by atoms with Gasteiger partial charge in [-0.05, 0) is 43.6 Å². The van der Waals surface area contributed by atoms with Crippen LogP contribution >= 0.6 is 12.2 Å². The quantitative estimate of drug-likeness (QED) is 0.801. The summed E-state index contributed by atoms with van der Waals surface area (Å²) in [5.41, 5.74) is 1.36. The van der Waals surface area contributed by atoms with Gasteiger partial charge in [0.25, 0.3) is 0 Å². The molecule has 0 saturated carbocycles. The molecule has 1 aromatic carbocycles. The van der Waals surface area contributed by atoms with Crippen LogP contribution in [0, 0.1) is 16.5 Å². The Labute approximate surface area is 105 Å². The van der Waals surface area contributed by atoms with Crippen LogP contribution in [0.25, 0.3) is 11.0 Å². The van der Waals surface area contributed by atoms with E-state index in [1.807, 2.05) is 10.6 Å². The standard InChI is InChI=1S/C13H17FN2S/c1-8(2)7-9(3)16-11-6-4-5-10(14)12(11)15-13(16)17/h4-6,8-9H,7H2,1-3H3,(H,15,17). The Kier molecular flexibility index (Phi) is 3.33. The molecule has 0 radical (unpaired) electrons. The first-order chi connectivity index (χ1) is 8.00. The van der Waals surface area contributed by atoms with Crippen LogP contribution in [-0.2, 0) is 0 Å². The second kappa shape index (κ2) is 4.61. The summed E-state index contributed by atoms with van der Waals surface area (Å²) in [4.78, 5) is 2.95. The van der Waals surface area contributed by atoms with E-state index in [-0.39, 0.29) is 11.9 Å². The molecule has 0 aliphatic rings. The van der Waals surface area contributed by atoms with Crippen molar-refractivity contribution in [1.82, 2.24) is 9.55 Å². The van der Waals surface area contributed by atoms with Crippen LogP contribution in [0.1, 0.15) is 33.2 Å². The summed E-state index contributed by atoms with van der Waals surface area (Å²) in [5, 5.41) is 0. The Morgan fingerprint density at radius 2 is 2.06 bits per heavy atom. The lowest BCUT2D eigenvalue weighted by atomic mass is 10.1. The molecule has 17 heavy (non-hydrogen) atoms. The van der Waals surface area contributed by atoms with Gasteiger partial charge in [0.05, 0.1) is 5.52 Å². The number of para-hydroxylation sites is 1. The number of imidazole rings is 1. The molecule has 1 unspecified atom stereocenters. The summed E-state index contributed by atoms with van der Waals surface area (Å²) in [5.74, 6) is 0.342. The van der Waals surface area contributed by atoms with Gasteiger partial charge in [-0.3, -0.25) is 0 Å². The van der Waals surface area contributed by atoms with E-state index in [0.29, 0.717) is 16.2 Å². The molecule has 0 saturated heterocycles. The number of hydrogen-bond acceptors (Lipinski definition) is 1. The molecule has 2 nitrogen and oxygen atoms in total. The first-order valence-electron chi connectivity index (χ1n) is 5.89. The maximum absolute atomic E-state index is 13.6. The van der Waals surface area contributed by atoms with Gasteiger partial charge in [0, 0.05) is 6.04 Å². The molecule has 0 bridgehead atoms. The van der Waals surface area contributed by atoms with Crippen molar-refractivity contribution in [2.45, 2.75) is 33.2 Å². The molecule has 2 rings (SSSR count). The number of aromatic nitrogens is 2. The molecule has 1 aromatic heterocycles. The summed E-state index contributed by atoms with van der Waals surface area (Å²) in [6.45, 7) is 6.47. The Balaban J connectivity index is 2.57. The highest BCUT2D eigenvalue weighted by Gasteiger charge is 2.14. The van der Waals surface area contributed by atoms with Crippen molar-refractivity contribution >= 4 is 23.3 Å². The number of benzene rings is 1. The number of fused-ring (bicyclic) bond motifs is 1. The molecule has 0 fully saturated rings. The lowest BCUT2D eigenvalue weighted by molar-refractivity contribution is 0.432. The van der Waals surface area contributed by atoms with Crippen LogP contribution < -0.4 is 0 Å². The predicted molar refractivity (Wildman–Crippen MR) is 71.2 cm³/mol. The largest absolute Gasteiger partial charge is 0.328 e. The smallest absolute Gasteiger partial charge is 0.178 e. The van der Waals surface area contributed by atoms with Crippen LogP contribution in [-0.4, -0.2) is 9.55 Å². The Morgan fingerprint density at radius 3 is 2.71 bits per heavy atom. The molecule has 1 N–H and O–H groups in total. The number of nitrogens with zero attached hydrogens (tertiary/aromatic N) is 1. The Hall–Kier alpha value is -1.16. The first kappa shape index (κ1) is 12.3. The first-order valence-corrected chi connectivity index (χ1v) is 6.30. The molecule has 2 aromatic rings. The summed E-state index contributed by atoms with van der Waals surface area (Å²) in [6, 6.07) is 5.35. The van der Waals surface area contributed by atoms with Crippen molar-refractivity contribution in [3.05, 3.63) is 28.8 Å². The molecular formula is C13H17FN2S. The average Bonchev–Trinajstić information content (AvgIpc) is 2.55. The SMILES string of the molecule is CC(C)CC(C)n1c(=S)[nH]c2c(F)cccc21. The summed E-state index contributed by atoms with van der Waals surface area (Å²) < 4.78 is 16.2. The van der Waals surface area contributed by atoms with E-state index < -0.39 is 0 Å². The minimum absolute atomic E-state index is 0.246. The molecule has 4 heteroatoms. The maximum Gasteiger partial charge on any atom is 0.178 e. The zero-order valence-electron chi connectivity index (χ0n) is 10.3. The van der Waals surface area contributed by atoms with E-state index in [1.165, 1.54) is 6.07 Å². The monoisotopic (exact) mass is 252 g/mol. The molecule has 1 atom stereocenters. The predicted octanol–water partition coefficient (Wildman–Crippen LogP) is 4.45. The van der Waals surface area contributed by atoms with Gasteiger partial charge in [0.1, 0.15) is 11.3 Å². The third-order valence-electron chi connectivity index (χ3n) is 2.96. The normalized spacial score (nSPS) is 13.5. The van der Waals surface area contributed by atoms with Gasteiger partial charge < -0.3 is 9.55 Å². The molecule has 0 amide bonds. The van der Waals surface area contributed by atoms with Gasteiger partial charge in [-0.15, -0.1) is 0 Å². The van der Waals surface area contributed by atoms with E-state index >= 15 is 0 Å². The summed E-state index contributed by atoms with van der Waals surface area (Å²) in [6.07, 6.45) is 1.03. The summed E-state index contributed by atoms with van der Waals surface area (Å²) in [7, 11) is 0. The fourth-order valence-electron chi connectivity index (χ4n) is 2.34. The number of rotatable bonds is 3. The highest BCUT2D eigenvalue weighted by atomic mass is 32.1. The van der Waals surface area contributed by atoms with Gasteiger partial charge in [-0.1, -0.05) is 19.9 Å². The second-order valence-electron chi connectivity index (χ2n) is 4.91. The summed E-state index contributed by atoms with van der Waals surface area (Å²) >= 11 is 5.28. The topological polar surface area (TPSA) is 20.7 Å². The average molecular weight is 252 g/mol. The third-order valence-corrected chi connectivity index (χ3v) is 3.25. The van der Waals surface area contributed by atoms with Gasteiger partial charge in [-0.25, -0.2) is 4.39 Å². The number of hydrogen-bond donors (Lipinski definition) is 1.